The summed E-state index contributed by atoms with van der Waals surface area (Å²) in [7, 11) is 0. The average Bonchev–Trinajstić information content (AvgIpc) is 3.21. The molecule has 3 heterocycles. The number of aryl methyl sites for hydroxylation is 1. The van der Waals surface area contributed by atoms with Crippen molar-refractivity contribution in [3.8, 4) is 0 Å². The van der Waals surface area contributed by atoms with Crippen molar-refractivity contribution in [3.63, 3.8) is 0 Å². The first-order valence-electron chi connectivity index (χ1n) is 10.4. The van der Waals surface area contributed by atoms with Gasteiger partial charge in [0.05, 0.1) is 24.1 Å². The molecule has 1 aromatic heterocycles. The lowest BCUT2D eigenvalue weighted by Gasteiger charge is -2.48. The molecule has 146 valence electrons. The first-order valence-corrected chi connectivity index (χ1v) is 10.4. The summed E-state index contributed by atoms with van der Waals surface area (Å²) in [6.45, 7) is 4.86. The summed E-state index contributed by atoms with van der Waals surface area (Å²) in [5.41, 5.74) is 1.77. The maximum atomic E-state index is 12.9. The van der Waals surface area contributed by atoms with E-state index in [1.165, 1.54) is 12.8 Å². The molecule has 0 radical (unpaired) electrons. The average molecular weight is 370 g/mol. The standard InChI is InChI=1S/C21H30N4O2/c1-16-11-23-18(12-22-16)13-25-15-21(9-7-19(25)26)8-4-10-24(14-21)20(27)17-5-2-3-6-17/h11-12,17H,2-10,13-15H2,1H3/t21-/m0/s1. The minimum absolute atomic E-state index is 0.0541. The van der Waals surface area contributed by atoms with Crippen molar-refractivity contribution >= 4 is 11.8 Å². The van der Waals surface area contributed by atoms with Gasteiger partial charge in [-0.05, 0) is 39.0 Å². The molecule has 3 fully saturated rings. The molecular weight excluding hydrogens is 340 g/mol. The highest BCUT2D eigenvalue weighted by atomic mass is 16.2. The molecule has 6 heteroatoms. The smallest absolute Gasteiger partial charge is 0.225 e. The second-order valence-corrected chi connectivity index (χ2v) is 8.74. The number of piperidine rings is 2. The third kappa shape index (κ3) is 3.99. The van der Waals surface area contributed by atoms with Crippen molar-refractivity contribution in [1.29, 1.82) is 0 Å². The van der Waals surface area contributed by atoms with Gasteiger partial charge in [-0.15, -0.1) is 0 Å². The summed E-state index contributed by atoms with van der Waals surface area (Å²) in [6.07, 6.45) is 11.6. The second-order valence-electron chi connectivity index (χ2n) is 8.74. The van der Waals surface area contributed by atoms with Gasteiger partial charge in [0.15, 0.2) is 0 Å². The van der Waals surface area contributed by atoms with E-state index >= 15 is 0 Å². The number of amides is 2. The monoisotopic (exact) mass is 370 g/mol. The fraction of sp³-hybridized carbons (Fsp3) is 0.714. The fourth-order valence-electron chi connectivity index (χ4n) is 5.10. The summed E-state index contributed by atoms with van der Waals surface area (Å²) in [5.74, 6) is 0.797. The van der Waals surface area contributed by atoms with Gasteiger partial charge in [0, 0.05) is 43.6 Å². The van der Waals surface area contributed by atoms with E-state index < -0.39 is 0 Å². The molecule has 0 unspecified atom stereocenters. The van der Waals surface area contributed by atoms with Crippen LogP contribution in [-0.4, -0.2) is 51.2 Å². The SMILES string of the molecule is Cc1cnc(CN2C[C@@]3(CCCN(C(=O)C4CCCC4)C3)CCC2=O)cn1. The predicted octanol–water partition coefficient (Wildman–Crippen LogP) is 2.71. The van der Waals surface area contributed by atoms with Crippen LogP contribution >= 0.6 is 0 Å². The number of hydrogen-bond donors (Lipinski definition) is 0. The highest BCUT2D eigenvalue weighted by Crippen LogP contribution is 2.40. The highest BCUT2D eigenvalue weighted by molar-refractivity contribution is 5.80. The second kappa shape index (κ2) is 7.56. The Morgan fingerprint density at radius 1 is 1.15 bits per heavy atom. The minimum Gasteiger partial charge on any atom is -0.342 e. The van der Waals surface area contributed by atoms with Gasteiger partial charge in [-0.3, -0.25) is 19.6 Å². The molecule has 2 amide bonds. The highest BCUT2D eigenvalue weighted by Gasteiger charge is 2.43. The Labute approximate surface area is 161 Å². The van der Waals surface area contributed by atoms with Crippen LogP contribution in [0, 0.1) is 18.3 Å². The molecular formula is C21H30N4O2. The van der Waals surface area contributed by atoms with E-state index in [0.717, 1.165) is 63.1 Å². The third-order valence-electron chi connectivity index (χ3n) is 6.61. The Morgan fingerprint density at radius 3 is 2.70 bits per heavy atom. The van der Waals surface area contributed by atoms with Crippen molar-refractivity contribution in [2.24, 2.45) is 11.3 Å². The van der Waals surface area contributed by atoms with E-state index in [0.29, 0.717) is 18.9 Å². The Bertz CT molecular complexity index is 699. The molecule has 1 atom stereocenters. The van der Waals surface area contributed by atoms with Gasteiger partial charge >= 0.3 is 0 Å². The predicted molar refractivity (Wildman–Crippen MR) is 102 cm³/mol. The topological polar surface area (TPSA) is 66.4 Å². The molecule has 0 bridgehead atoms. The van der Waals surface area contributed by atoms with Crippen molar-refractivity contribution < 1.29 is 9.59 Å². The molecule has 0 aromatic carbocycles. The molecule has 0 N–H and O–H groups in total. The van der Waals surface area contributed by atoms with E-state index in [-0.39, 0.29) is 17.2 Å². The van der Waals surface area contributed by atoms with Crippen LogP contribution in [0.3, 0.4) is 0 Å². The molecule has 27 heavy (non-hydrogen) atoms. The Hall–Kier alpha value is -1.98. The Kier molecular flexibility index (Phi) is 5.15. The molecule has 1 spiro atoms. The van der Waals surface area contributed by atoms with E-state index in [2.05, 4.69) is 14.9 Å². The van der Waals surface area contributed by atoms with Crippen LogP contribution in [0.25, 0.3) is 0 Å². The van der Waals surface area contributed by atoms with Crippen LogP contribution in [0.2, 0.25) is 0 Å². The van der Waals surface area contributed by atoms with Gasteiger partial charge in [0.2, 0.25) is 11.8 Å². The zero-order chi connectivity index (χ0) is 18.9. The molecule has 3 aliphatic rings. The lowest BCUT2D eigenvalue weighted by Crippen LogP contribution is -2.55. The van der Waals surface area contributed by atoms with Crippen LogP contribution in [-0.2, 0) is 16.1 Å². The molecule has 1 aromatic rings. The maximum Gasteiger partial charge on any atom is 0.225 e. The Balaban J connectivity index is 1.44. The van der Waals surface area contributed by atoms with E-state index in [1.54, 1.807) is 12.4 Å². The largest absolute Gasteiger partial charge is 0.342 e. The molecule has 4 rings (SSSR count). The van der Waals surface area contributed by atoms with Crippen molar-refractivity contribution in [2.45, 2.75) is 64.8 Å². The van der Waals surface area contributed by atoms with Crippen LogP contribution < -0.4 is 0 Å². The molecule has 2 aliphatic heterocycles. The van der Waals surface area contributed by atoms with Crippen LogP contribution in [0.5, 0.6) is 0 Å². The number of hydrogen-bond acceptors (Lipinski definition) is 4. The summed E-state index contributed by atoms with van der Waals surface area (Å²) in [6, 6.07) is 0. The first-order chi connectivity index (χ1) is 13.0. The van der Waals surface area contributed by atoms with Crippen LogP contribution in [0.1, 0.15) is 62.8 Å². The number of carbonyl (C=O) groups is 2. The van der Waals surface area contributed by atoms with E-state index in [4.69, 9.17) is 0 Å². The normalized spacial score (nSPS) is 26.8. The van der Waals surface area contributed by atoms with Gasteiger partial charge < -0.3 is 9.80 Å². The lowest BCUT2D eigenvalue weighted by molar-refractivity contribution is -0.145. The summed E-state index contributed by atoms with van der Waals surface area (Å²) in [5, 5.41) is 0. The third-order valence-corrected chi connectivity index (χ3v) is 6.61. The van der Waals surface area contributed by atoms with Gasteiger partial charge in [-0.25, -0.2) is 0 Å². The van der Waals surface area contributed by atoms with Gasteiger partial charge in [0.25, 0.3) is 0 Å². The number of carbonyl (C=O) groups excluding carboxylic acids is 2. The van der Waals surface area contributed by atoms with Crippen LogP contribution in [0.4, 0.5) is 0 Å². The Morgan fingerprint density at radius 2 is 1.96 bits per heavy atom. The van der Waals surface area contributed by atoms with Gasteiger partial charge in [-0.1, -0.05) is 12.8 Å². The van der Waals surface area contributed by atoms with Gasteiger partial charge in [-0.2, -0.15) is 0 Å². The zero-order valence-corrected chi connectivity index (χ0v) is 16.3. The number of nitrogens with zero attached hydrogens (tertiary/aromatic N) is 4. The molecule has 1 aliphatic carbocycles. The summed E-state index contributed by atoms with van der Waals surface area (Å²) >= 11 is 0. The maximum absolute atomic E-state index is 12.9. The summed E-state index contributed by atoms with van der Waals surface area (Å²) < 4.78 is 0. The van der Waals surface area contributed by atoms with Gasteiger partial charge in [0.1, 0.15) is 0 Å². The fourth-order valence-corrected chi connectivity index (χ4v) is 5.10. The lowest BCUT2D eigenvalue weighted by atomic mass is 9.73. The molecule has 2 saturated heterocycles. The minimum atomic E-state index is 0.0541. The number of aromatic nitrogens is 2. The van der Waals surface area contributed by atoms with Crippen molar-refractivity contribution in [1.82, 2.24) is 19.8 Å². The van der Waals surface area contributed by atoms with Crippen molar-refractivity contribution in [2.75, 3.05) is 19.6 Å². The molecule has 6 nitrogen and oxygen atoms in total. The zero-order valence-electron chi connectivity index (χ0n) is 16.3. The van der Waals surface area contributed by atoms with E-state index in [1.807, 2.05) is 11.8 Å². The van der Waals surface area contributed by atoms with Crippen molar-refractivity contribution in [3.05, 3.63) is 23.8 Å². The first kappa shape index (κ1) is 18.4. The van der Waals surface area contributed by atoms with E-state index in [9.17, 15) is 9.59 Å². The van der Waals surface area contributed by atoms with Crippen LogP contribution in [0.15, 0.2) is 12.4 Å². The summed E-state index contributed by atoms with van der Waals surface area (Å²) in [4.78, 5) is 38.2. The number of rotatable bonds is 3. The number of likely N-dealkylation sites (tertiary alicyclic amines) is 2. The molecule has 1 saturated carbocycles. The quantitative estimate of drug-likeness (QED) is 0.820.